The zero-order chi connectivity index (χ0) is 22.0. The molecule has 5 nitrogen and oxygen atoms in total. The molecule has 2 aromatic carbocycles. The van der Waals surface area contributed by atoms with Crippen molar-refractivity contribution in [1.29, 1.82) is 0 Å². The number of H-pyrrole nitrogens is 1. The molecule has 3 aromatic rings. The average molecular weight is 412 g/mol. The maximum absolute atomic E-state index is 12.7. The minimum atomic E-state index is -0.422. The van der Waals surface area contributed by atoms with Crippen LogP contribution in [0.15, 0.2) is 84.1 Å². The van der Waals surface area contributed by atoms with Crippen LogP contribution in [0.3, 0.4) is 0 Å². The summed E-state index contributed by atoms with van der Waals surface area (Å²) >= 11 is 0. The zero-order valence-electron chi connectivity index (χ0n) is 17.8. The van der Waals surface area contributed by atoms with Gasteiger partial charge in [-0.3, -0.25) is 9.28 Å². The second kappa shape index (κ2) is 8.15. The fourth-order valence-electron chi connectivity index (χ4n) is 3.38. The Labute approximate surface area is 181 Å². The van der Waals surface area contributed by atoms with Crippen LogP contribution >= 0.6 is 0 Å². The summed E-state index contributed by atoms with van der Waals surface area (Å²) in [6, 6.07) is 16.6. The number of nitrogens with one attached hydrogen (secondary N) is 1. The van der Waals surface area contributed by atoms with Crippen molar-refractivity contribution in [2.24, 2.45) is 0 Å². The first-order chi connectivity index (χ1) is 14.8. The lowest BCUT2D eigenvalue weighted by Crippen LogP contribution is -2.33. The Hall–Kier alpha value is -3.79. The van der Waals surface area contributed by atoms with Crippen molar-refractivity contribution in [1.82, 2.24) is 4.98 Å². The Morgan fingerprint density at radius 1 is 1.00 bits per heavy atom. The number of likely N-dealkylation sites (N-methyl/N-ethyl adjacent to an activating group) is 1. The molecule has 0 saturated carbocycles. The van der Waals surface area contributed by atoms with Crippen molar-refractivity contribution < 1.29 is 18.8 Å². The van der Waals surface area contributed by atoms with Gasteiger partial charge in [0.2, 0.25) is 11.3 Å². The van der Waals surface area contributed by atoms with E-state index >= 15 is 0 Å². The molecule has 1 aliphatic carbocycles. The average Bonchev–Trinajstić information content (AvgIpc) is 3.19. The summed E-state index contributed by atoms with van der Waals surface area (Å²) < 4.78 is 6.08. The summed E-state index contributed by atoms with van der Waals surface area (Å²) in [6.07, 6.45) is 8.42. The fourth-order valence-corrected chi connectivity index (χ4v) is 3.38. The molecule has 0 amide bonds. The van der Waals surface area contributed by atoms with Crippen LogP contribution in [0.5, 0.6) is 0 Å². The van der Waals surface area contributed by atoms with Gasteiger partial charge in [0, 0.05) is 28.1 Å². The summed E-state index contributed by atoms with van der Waals surface area (Å²) in [6.45, 7) is 0.109. The Morgan fingerprint density at radius 2 is 1.77 bits per heavy atom. The number of fused-ring (bicyclic) bond motifs is 1. The number of aromatic amines is 1. The van der Waals surface area contributed by atoms with Gasteiger partial charge in [-0.05, 0) is 24.3 Å². The van der Waals surface area contributed by atoms with E-state index in [4.69, 9.17) is 4.74 Å². The molecule has 0 radical (unpaired) electrons. The van der Waals surface area contributed by atoms with E-state index in [1.54, 1.807) is 30.4 Å². The molecule has 1 aliphatic rings. The van der Waals surface area contributed by atoms with Crippen molar-refractivity contribution in [3.63, 3.8) is 0 Å². The highest BCUT2D eigenvalue weighted by Crippen LogP contribution is 2.21. The van der Waals surface area contributed by atoms with E-state index in [1.165, 1.54) is 0 Å². The predicted molar refractivity (Wildman–Crippen MR) is 120 cm³/mol. The van der Waals surface area contributed by atoms with E-state index < -0.39 is 5.97 Å². The van der Waals surface area contributed by atoms with Gasteiger partial charge in [0.05, 0.1) is 39.0 Å². The molecule has 0 aliphatic heterocycles. The number of quaternary nitrogens is 1. The van der Waals surface area contributed by atoms with E-state index in [1.807, 2.05) is 63.6 Å². The molecule has 1 heterocycles. The number of carbonyl (C=O) groups is 2. The molecule has 1 aromatic heterocycles. The molecular weight excluding hydrogens is 388 g/mol. The van der Waals surface area contributed by atoms with Crippen LogP contribution in [-0.2, 0) is 16.1 Å². The number of carbonyl (C=O) groups excluding carboxylic acids is 2. The van der Waals surface area contributed by atoms with E-state index in [0.29, 0.717) is 21.2 Å². The molecule has 0 unspecified atom stereocenters. The smallest absolute Gasteiger partial charge is 0.410 e. The van der Waals surface area contributed by atoms with Gasteiger partial charge in [-0.1, -0.05) is 30.3 Å². The van der Waals surface area contributed by atoms with E-state index in [0.717, 1.165) is 22.3 Å². The number of aromatic nitrogens is 1. The van der Waals surface area contributed by atoms with Crippen LogP contribution in [0.2, 0.25) is 0 Å². The van der Waals surface area contributed by atoms with E-state index in [9.17, 15) is 9.59 Å². The monoisotopic (exact) mass is 412 g/mol. The molecule has 0 atom stereocenters. The van der Waals surface area contributed by atoms with Crippen LogP contribution in [-0.4, -0.2) is 42.4 Å². The molecule has 5 heteroatoms. The number of allylic oxidation sites excluding steroid dienone is 3. The number of benzene rings is 2. The van der Waals surface area contributed by atoms with E-state index in [2.05, 4.69) is 11.1 Å². The summed E-state index contributed by atoms with van der Waals surface area (Å²) in [5.41, 5.74) is 4.31. The second-order valence-corrected chi connectivity index (χ2v) is 8.34. The summed E-state index contributed by atoms with van der Waals surface area (Å²) in [7, 11) is 6.10. The maximum atomic E-state index is 12.7. The third-order valence-electron chi connectivity index (χ3n) is 5.11. The standard InChI is InChI=1S/C26H23N2O3/c1-28(2,3)23-11-7-10-20(16-23)26(30)31-17-22-15-21-14-19(12-13-24(21)27-22)25(29)18-8-5-4-6-9-18/h4-9,11-16H,17H2,1-3H3/q+1/p+1. The first kappa shape index (κ1) is 20.5. The normalized spacial score (nSPS) is 13.4. The largest absolute Gasteiger partial charge is 0.432 e. The third-order valence-corrected chi connectivity index (χ3v) is 5.11. The van der Waals surface area contributed by atoms with Crippen LogP contribution in [0.4, 0.5) is 0 Å². The Bertz CT molecular complexity index is 1240. The van der Waals surface area contributed by atoms with Gasteiger partial charge in [0.25, 0.3) is 0 Å². The highest BCUT2D eigenvalue weighted by molar-refractivity contribution is 6.10. The van der Waals surface area contributed by atoms with Gasteiger partial charge < -0.3 is 9.72 Å². The number of hydrogen-bond donors (Lipinski definition) is 1. The van der Waals surface area contributed by atoms with Gasteiger partial charge in [0.1, 0.15) is 12.7 Å². The topological polar surface area (TPSA) is 59.2 Å². The lowest BCUT2D eigenvalue weighted by molar-refractivity contribution is -0.828. The zero-order valence-corrected chi connectivity index (χ0v) is 17.8. The molecule has 154 valence electrons. The van der Waals surface area contributed by atoms with Crippen LogP contribution in [0.1, 0.15) is 21.6 Å². The Kier molecular flexibility index (Phi) is 5.38. The number of esters is 1. The highest BCUT2D eigenvalue weighted by Gasteiger charge is 2.27. The number of hydrogen-bond acceptors (Lipinski definition) is 3. The highest BCUT2D eigenvalue weighted by atomic mass is 16.5. The van der Waals surface area contributed by atoms with Gasteiger partial charge in [0.15, 0.2) is 5.78 Å². The van der Waals surface area contributed by atoms with Gasteiger partial charge in [-0.2, -0.15) is 4.79 Å². The molecule has 1 N–H and O–H groups in total. The number of nitrogens with zero attached hydrogens (tertiary/aromatic N) is 1. The quantitative estimate of drug-likeness (QED) is 0.284. The molecule has 0 spiro atoms. The van der Waals surface area contributed by atoms with Gasteiger partial charge >= 0.3 is 5.97 Å². The van der Waals surface area contributed by atoms with Crippen molar-refractivity contribution >= 4 is 22.7 Å². The molecular formula is C26H24N2O3+2. The molecule has 0 saturated heterocycles. The SMILES string of the molecule is C[N+](C)(C)C1=CC(C(=O)OCc2cc3cc(C(=O)c4ccccc4)ccc3[nH]2)=[C+]C=C1. The molecule has 31 heavy (non-hydrogen) atoms. The lowest BCUT2D eigenvalue weighted by Gasteiger charge is -2.21. The van der Waals surface area contributed by atoms with Crippen LogP contribution in [0, 0.1) is 6.08 Å². The molecule has 4 rings (SSSR count). The van der Waals surface area contributed by atoms with Crippen LogP contribution < -0.4 is 0 Å². The summed E-state index contributed by atoms with van der Waals surface area (Å²) in [5.74, 6) is -0.446. The number of ketones is 1. The van der Waals surface area contributed by atoms with Crippen molar-refractivity contribution in [3.05, 3.63) is 107 Å². The van der Waals surface area contributed by atoms with E-state index in [-0.39, 0.29) is 12.4 Å². The Balaban J connectivity index is 1.47. The van der Waals surface area contributed by atoms with Crippen molar-refractivity contribution in [2.75, 3.05) is 21.1 Å². The minimum absolute atomic E-state index is 0.0238. The van der Waals surface area contributed by atoms with Crippen molar-refractivity contribution in [3.8, 4) is 0 Å². The fraction of sp³-hybridized carbons (Fsp3) is 0.154. The molecule has 0 fully saturated rings. The summed E-state index contributed by atoms with van der Waals surface area (Å²) in [4.78, 5) is 28.4. The van der Waals surface area contributed by atoms with Crippen LogP contribution in [0.25, 0.3) is 10.9 Å². The number of rotatable bonds is 6. The number of ether oxygens (including phenoxy) is 1. The maximum Gasteiger partial charge on any atom is 0.432 e. The second-order valence-electron chi connectivity index (χ2n) is 8.34. The minimum Gasteiger partial charge on any atom is -0.410 e. The molecule has 0 bridgehead atoms. The Morgan fingerprint density at radius 3 is 2.52 bits per heavy atom. The predicted octanol–water partition coefficient (Wildman–Crippen LogP) is 4.33. The van der Waals surface area contributed by atoms with Gasteiger partial charge in [-0.15, -0.1) is 0 Å². The van der Waals surface area contributed by atoms with Crippen molar-refractivity contribution in [2.45, 2.75) is 6.61 Å². The summed E-state index contributed by atoms with van der Waals surface area (Å²) in [5, 5.41) is 0.895. The van der Waals surface area contributed by atoms with Gasteiger partial charge in [-0.25, -0.2) is 0 Å². The third kappa shape index (κ3) is 4.53. The lowest BCUT2D eigenvalue weighted by atomic mass is 10.0. The first-order valence-electron chi connectivity index (χ1n) is 10.0. The first-order valence-corrected chi connectivity index (χ1v) is 10.0.